The SMILES string of the molecule is COc1ccc(-c2ccc(Cn3cc(C(=O)O)c(=O)c4cccc(F)c43)cc2)cn1. The third-order valence-electron chi connectivity index (χ3n) is 4.86. The van der Waals surface area contributed by atoms with Gasteiger partial charge in [0.05, 0.1) is 12.6 Å². The van der Waals surface area contributed by atoms with Gasteiger partial charge in [0.15, 0.2) is 0 Å². The highest BCUT2D eigenvalue weighted by Crippen LogP contribution is 2.22. The number of hydrogen-bond acceptors (Lipinski definition) is 4. The van der Waals surface area contributed by atoms with Crippen molar-refractivity contribution in [2.24, 2.45) is 0 Å². The van der Waals surface area contributed by atoms with E-state index < -0.39 is 22.8 Å². The van der Waals surface area contributed by atoms with E-state index in [-0.39, 0.29) is 17.4 Å². The van der Waals surface area contributed by atoms with Crippen LogP contribution in [0.3, 0.4) is 0 Å². The molecular weight excluding hydrogens is 387 g/mol. The fourth-order valence-corrected chi connectivity index (χ4v) is 3.36. The normalized spacial score (nSPS) is 10.9. The molecule has 0 aliphatic rings. The van der Waals surface area contributed by atoms with Crippen LogP contribution in [0, 0.1) is 5.82 Å². The summed E-state index contributed by atoms with van der Waals surface area (Å²) < 4.78 is 21.0. The van der Waals surface area contributed by atoms with Crippen molar-refractivity contribution in [1.29, 1.82) is 0 Å². The monoisotopic (exact) mass is 404 g/mol. The van der Waals surface area contributed by atoms with Crippen molar-refractivity contribution in [3.63, 3.8) is 0 Å². The molecule has 2 heterocycles. The predicted octanol–water partition coefficient (Wildman–Crippen LogP) is 3.96. The van der Waals surface area contributed by atoms with Gasteiger partial charge in [-0.1, -0.05) is 30.3 Å². The number of para-hydroxylation sites is 1. The number of methoxy groups -OCH3 is 1. The van der Waals surface area contributed by atoms with Gasteiger partial charge in [0.2, 0.25) is 11.3 Å². The number of carboxylic acid groups (broad SMARTS) is 1. The summed E-state index contributed by atoms with van der Waals surface area (Å²) in [5, 5.41) is 9.40. The van der Waals surface area contributed by atoms with Crippen LogP contribution in [-0.4, -0.2) is 27.7 Å². The Bertz CT molecular complexity index is 1300. The zero-order chi connectivity index (χ0) is 21.3. The molecule has 0 aliphatic carbocycles. The van der Waals surface area contributed by atoms with Gasteiger partial charge in [-0.05, 0) is 29.3 Å². The summed E-state index contributed by atoms with van der Waals surface area (Å²) >= 11 is 0. The molecule has 0 saturated carbocycles. The second-order valence-electron chi connectivity index (χ2n) is 6.73. The molecule has 2 aromatic heterocycles. The van der Waals surface area contributed by atoms with E-state index >= 15 is 0 Å². The van der Waals surface area contributed by atoms with E-state index in [1.165, 1.54) is 29.0 Å². The van der Waals surface area contributed by atoms with Gasteiger partial charge in [-0.15, -0.1) is 0 Å². The lowest BCUT2D eigenvalue weighted by atomic mass is 10.1. The van der Waals surface area contributed by atoms with Crippen LogP contribution >= 0.6 is 0 Å². The molecule has 4 aromatic rings. The molecule has 0 aliphatic heterocycles. The number of pyridine rings is 2. The molecule has 1 N–H and O–H groups in total. The van der Waals surface area contributed by atoms with Crippen molar-refractivity contribution in [3.05, 3.63) is 94.2 Å². The van der Waals surface area contributed by atoms with E-state index in [0.717, 1.165) is 16.7 Å². The first-order valence-electron chi connectivity index (χ1n) is 9.12. The lowest BCUT2D eigenvalue weighted by Gasteiger charge is -2.13. The molecule has 30 heavy (non-hydrogen) atoms. The van der Waals surface area contributed by atoms with E-state index in [2.05, 4.69) is 4.98 Å². The molecular formula is C23H17FN2O4. The number of aromatic carboxylic acids is 1. The van der Waals surface area contributed by atoms with Crippen LogP contribution in [0.4, 0.5) is 4.39 Å². The number of carbonyl (C=O) groups is 1. The summed E-state index contributed by atoms with van der Waals surface area (Å²) in [6.45, 7) is 0.207. The van der Waals surface area contributed by atoms with Crippen molar-refractivity contribution in [2.45, 2.75) is 6.54 Å². The zero-order valence-corrected chi connectivity index (χ0v) is 16.0. The van der Waals surface area contributed by atoms with Crippen LogP contribution in [0.25, 0.3) is 22.0 Å². The maximum Gasteiger partial charge on any atom is 0.341 e. The summed E-state index contributed by atoms with van der Waals surface area (Å²) in [6.07, 6.45) is 2.90. The van der Waals surface area contributed by atoms with Crippen LogP contribution in [-0.2, 0) is 6.54 Å². The molecule has 6 nitrogen and oxygen atoms in total. The summed E-state index contributed by atoms with van der Waals surface area (Å²) in [6, 6.07) is 15.3. The molecule has 0 unspecified atom stereocenters. The Morgan fingerprint density at radius 2 is 1.83 bits per heavy atom. The minimum atomic E-state index is -1.35. The second-order valence-corrected chi connectivity index (χ2v) is 6.73. The molecule has 0 amide bonds. The molecule has 0 saturated heterocycles. The highest BCUT2D eigenvalue weighted by Gasteiger charge is 2.17. The molecule has 4 rings (SSSR count). The van der Waals surface area contributed by atoms with Gasteiger partial charge in [0.1, 0.15) is 11.4 Å². The third kappa shape index (κ3) is 3.53. The fourth-order valence-electron chi connectivity index (χ4n) is 3.36. The number of benzene rings is 2. The maximum atomic E-state index is 14.5. The molecule has 0 atom stereocenters. The topological polar surface area (TPSA) is 81.4 Å². The molecule has 7 heteroatoms. The number of rotatable bonds is 5. The highest BCUT2D eigenvalue weighted by atomic mass is 19.1. The van der Waals surface area contributed by atoms with Crippen LogP contribution in [0.1, 0.15) is 15.9 Å². The van der Waals surface area contributed by atoms with Crippen molar-refractivity contribution in [1.82, 2.24) is 9.55 Å². The Balaban J connectivity index is 1.72. The number of carboxylic acids is 1. The van der Waals surface area contributed by atoms with E-state index in [0.29, 0.717) is 5.88 Å². The van der Waals surface area contributed by atoms with Crippen LogP contribution in [0.2, 0.25) is 0 Å². The summed E-state index contributed by atoms with van der Waals surface area (Å²) in [5.74, 6) is -1.40. The Hall–Kier alpha value is -4.00. The van der Waals surface area contributed by atoms with Gasteiger partial charge in [-0.2, -0.15) is 0 Å². The summed E-state index contributed by atoms with van der Waals surface area (Å²) in [4.78, 5) is 28.1. The summed E-state index contributed by atoms with van der Waals surface area (Å²) in [5.41, 5.74) is 1.66. The van der Waals surface area contributed by atoms with Gasteiger partial charge < -0.3 is 14.4 Å². The molecule has 0 bridgehead atoms. The molecule has 2 aromatic carbocycles. The van der Waals surface area contributed by atoms with Gasteiger partial charge in [-0.3, -0.25) is 4.79 Å². The van der Waals surface area contributed by atoms with Gasteiger partial charge in [0, 0.05) is 36.0 Å². The number of fused-ring (bicyclic) bond motifs is 1. The van der Waals surface area contributed by atoms with E-state index in [1.807, 2.05) is 30.3 Å². The minimum Gasteiger partial charge on any atom is -0.481 e. The maximum absolute atomic E-state index is 14.5. The van der Waals surface area contributed by atoms with Gasteiger partial charge in [0.25, 0.3) is 0 Å². The van der Waals surface area contributed by atoms with E-state index in [9.17, 15) is 19.1 Å². The molecule has 0 fully saturated rings. The fraction of sp³-hybridized carbons (Fsp3) is 0.0870. The first-order valence-corrected chi connectivity index (χ1v) is 9.12. The predicted molar refractivity (Wildman–Crippen MR) is 110 cm³/mol. The van der Waals surface area contributed by atoms with Crippen LogP contribution in [0.5, 0.6) is 5.88 Å². The molecule has 150 valence electrons. The zero-order valence-electron chi connectivity index (χ0n) is 16.0. The highest BCUT2D eigenvalue weighted by molar-refractivity contribution is 5.92. The average molecular weight is 404 g/mol. The van der Waals surface area contributed by atoms with Crippen molar-refractivity contribution < 1.29 is 19.0 Å². The van der Waals surface area contributed by atoms with E-state index in [4.69, 9.17) is 4.74 Å². The Morgan fingerprint density at radius 3 is 2.47 bits per heavy atom. The lowest BCUT2D eigenvalue weighted by molar-refractivity contribution is 0.0695. The van der Waals surface area contributed by atoms with Crippen LogP contribution in [0.15, 0.2) is 71.8 Å². The number of ether oxygens (including phenoxy) is 1. The number of hydrogen-bond donors (Lipinski definition) is 1. The quantitative estimate of drug-likeness (QED) is 0.545. The van der Waals surface area contributed by atoms with Gasteiger partial charge in [-0.25, -0.2) is 14.2 Å². The van der Waals surface area contributed by atoms with Gasteiger partial charge >= 0.3 is 5.97 Å². The minimum absolute atomic E-state index is 0.0378. The lowest BCUT2D eigenvalue weighted by Crippen LogP contribution is -2.19. The largest absolute Gasteiger partial charge is 0.481 e. The number of halogens is 1. The van der Waals surface area contributed by atoms with E-state index in [1.54, 1.807) is 19.4 Å². The first kappa shape index (κ1) is 19.3. The Morgan fingerprint density at radius 1 is 1.10 bits per heavy atom. The number of aromatic nitrogens is 2. The Kier molecular flexibility index (Phi) is 5.02. The summed E-state index contributed by atoms with van der Waals surface area (Å²) in [7, 11) is 1.55. The van der Waals surface area contributed by atoms with Crippen molar-refractivity contribution >= 4 is 16.9 Å². The van der Waals surface area contributed by atoms with Crippen molar-refractivity contribution in [3.8, 4) is 17.0 Å². The molecule has 0 spiro atoms. The average Bonchev–Trinajstić information content (AvgIpc) is 2.76. The second kappa shape index (κ2) is 7.79. The smallest absolute Gasteiger partial charge is 0.341 e. The third-order valence-corrected chi connectivity index (χ3v) is 4.86. The number of nitrogens with zero attached hydrogens (tertiary/aromatic N) is 2. The van der Waals surface area contributed by atoms with Crippen molar-refractivity contribution in [2.75, 3.05) is 7.11 Å². The Labute approximate surface area is 170 Å². The standard InChI is InChI=1S/C23H17FN2O4/c1-30-20-10-9-16(11-25-20)15-7-5-14(6-8-15)12-26-13-18(23(28)29)22(27)17-3-2-4-19(24)21(17)26/h2-11,13H,12H2,1H3,(H,28,29). The molecule has 0 radical (unpaired) electrons. The van der Waals surface area contributed by atoms with Crippen LogP contribution < -0.4 is 10.2 Å². The first-order chi connectivity index (χ1) is 14.5.